The molecular weight excluding hydrogens is 458 g/mol. The van der Waals surface area contributed by atoms with Crippen molar-refractivity contribution >= 4 is 0 Å². The number of phenolic OH excluding ortho intramolecular Hbond substituents is 1. The van der Waals surface area contributed by atoms with Gasteiger partial charge < -0.3 is 19.5 Å². The predicted octanol–water partition coefficient (Wildman–Crippen LogP) is 7.30. The maximum Gasteiger partial charge on any atom is 0.119 e. The molecule has 2 aromatic carbocycles. The molecule has 0 aromatic heterocycles. The molecule has 2 fully saturated rings. The second-order valence-electron chi connectivity index (χ2n) is 12.2. The summed E-state index contributed by atoms with van der Waals surface area (Å²) in [6, 6.07) is 14.3. The lowest BCUT2D eigenvalue weighted by atomic mass is 9.51. The van der Waals surface area contributed by atoms with Crippen LogP contribution < -0.4 is 9.47 Å². The zero-order chi connectivity index (χ0) is 26.0. The third-order valence-corrected chi connectivity index (χ3v) is 10.4. The summed E-state index contributed by atoms with van der Waals surface area (Å²) >= 11 is 0. The van der Waals surface area contributed by atoms with Gasteiger partial charge in [-0.3, -0.25) is 0 Å². The molecule has 0 aliphatic heterocycles. The van der Waals surface area contributed by atoms with Crippen molar-refractivity contribution in [3.63, 3.8) is 0 Å². The molecule has 0 amide bonds. The molecule has 4 unspecified atom stereocenters. The number of phenols is 1. The number of hydrogen-bond donors (Lipinski definition) is 1. The Hall–Kier alpha value is -2.20. The van der Waals surface area contributed by atoms with Crippen LogP contribution in [0, 0.1) is 29.1 Å². The van der Waals surface area contributed by atoms with E-state index in [0.717, 1.165) is 74.9 Å². The summed E-state index contributed by atoms with van der Waals surface area (Å²) in [6.07, 6.45) is 7.55. The van der Waals surface area contributed by atoms with E-state index in [9.17, 15) is 5.11 Å². The van der Waals surface area contributed by atoms with E-state index in [-0.39, 0.29) is 0 Å². The average molecular weight is 506 g/mol. The minimum Gasteiger partial charge on any atom is -0.508 e. The highest BCUT2D eigenvalue weighted by molar-refractivity contribution is 5.40. The maximum atomic E-state index is 10.0. The summed E-state index contributed by atoms with van der Waals surface area (Å²) in [5.74, 6) is 5.96. The first-order valence-electron chi connectivity index (χ1n) is 14.8. The third kappa shape index (κ3) is 5.37. The number of nitrogens with zero attached hydrogens (tertiary/aromatic N) is 1. The number of hydrogen-bond acceptors (Lipinski definition) is 4. The monoisotopic (exact) mass is 505 g/mol. The van der Waals surface area contributed by atoms with Crippen LogP contribution in [-0.2, 0) is 6.42 Å². The van der Waals surface area contributed by atoms with Crippen LogP contribution >= 0.6 is 0 Å². The molecule has 202 valence electrons. The van der Waals surface area contributed by atoms with Gasteiger partial charge in [-0.1, -0.05) is 33.8 Å². The van der Waals surface area contributed by atoms with E-state index in [1.54, 1.807) is 0 Å². The van der Waals surface area contributed by atoms with E-state index in [1.807, 2.05) is 24.3 Å². The quantitative estimate of drug-likeness (QED) is 0.368. The molecule has 4 heteroatoms. The van der Waals surface area contributed by atoms with Crippen LogP contribution in [0.15, 0.2) is 42.5 Å². The van der Waals surface area contributed by atoms with Crippen molar-refractivity contribution < 1.29 is 14.6 Å². The highest BCUT2D eigenvalue weighted by atomic mass is 16.5. The smallest absolute Gasteiger partial charge is 0.119 e. The molecule has 1 N–H and O–H groups in total. The van der Waals surface area contributed by atoms with Crippen LogP contribution in [0.2, 0.25) is 0 Å². The Bertz CT molecular complexity index is 1030. The van der Waals surface area contributed by atoms with Gasteiger partial charge in [0.25, 0.3) is 0 Å². The first-order valence-corrected chi connectivity index (χ1v) is 14.8. The Morgan fingerprint density at radius 3 is 2.35 bits per heavy atom. The molecule has 6 atom stereocenters. The Morgan fingerprint density at radius 1 is 0.946 bits per heavy atom. The van der Waals surface area contributed by atoms with Gasteiger partial charge in [-0.25, -0.2) is 0 Å². The van der Waals surface area contributed by atoms with Crippen LogP contribution in [0.5, 0.6) is 17.2 Å². The Morgan fingerprint density at radius 2 is 1.65 bits per heavy atom. The van der Waals surface area contributed by atoms with Gasteiger partial charge in [-0.05, 0) is 134 Å². The summed E-state index contributed by atoms with van der Waals surface area (Å²) in [7, 11) is 0. The lowest BCUT2D eigenvalue weighted by molar-refractivity contribution is 0.000917. The summed E-state index contributed by atoms with van der Waals surface area (Å²) < 4.78 is 12.1. The van der Waals surface area contributed by atoms with Gasteiger partial charge in [-0.2, -0.15) is 0 Å². The second kappa shape index (κ2) is 11.3. The summed E-state index contributed by atoms with van der Waals surface area (Å²) in [5.41, 5.74) is 3.34. The van der Waals surface area contributed by atoms with Crippen molar-refractivity contribution in [3.05, 3.63) is 53.6 Å². The van der Waals surface area contributed by atoms with Crippen LogP contribution in [0.4, 0.5) is 0 Å². The number of aromatic hydroxyl groups is 1. The zero-order valence-electron chi connectivity index (χ0n) is 23.4. The number of ether oxygens (including phenoxy) is 2. The van der Waals surface area contributed by atoms with Gasteiger partial charge in [0.2, 0.25) is 0 Å². The van der Waals surface area contributed by atoms with Crippen LogP contribution in [0.25, 0.3) is 0 Å². The molecule has 3 aliphatic carbocycles. The van der Waals surface area contributed by atoms with E-state index in [2.05, 4.69) is 50.8 Å². The lowest BCUT2D eigenvalue weighted by Crippen LogP contribution is -2.45. The van der Waals surface area contributed by atoms with E-state index in [4.69, 9.17) is 9.47 Å². The van der Waals surface area contributed by atoms with Crippen LogP contribution in [0.3, 0.4) is 0 Å². The van der Waals surface area contributed by atoms with Gasteiger partial charge in [0, 0.05) is 6.54 Å². The molecule has 2 saturated carbocycles. The predicted molar refractivity (Wildman–Crippen MR) is 151 cm³/mol. The minimum atomic E-state index is 0.420. The van der Waals surface area contributed by atoms with E-state index < -0.39 is 0 Å². The molecular formula is C33H47NO3. The second-order valence-corrected chi connectivity index (χ2v) is 12.2. The highest BCUT2D eigenvalue weighted by Gasteiger charge is 2.55. The molecule has 0 radical (unpaired) electrons. The summed E-state index contributed by atoms with van der Waals surface area (Å²) in [6.45, 7) is 14.0. The minimum absolute atomic E-state index is 0.420. The van der Waals surface area contributed by atoms with Gasteiger partial charge in [0.05, 0.1) is 6.61 Å². The first-order chi connectivity index (χ1) is 17.9. The summed E-state index contributed by atoms with van der Waals surface area (Å²) in [4.78, 5) is 2.37. The molecule has 4 nitrogen and oxygen atoms in total. The molecule has 37 heavy (non-hydrogen) atoms. The van der Waals surface area contributed by atoms with Crippen molar-refractivity contribution in [1.82, 2.24) is 4.90 Å². The molecule has 0 saturated heterocycles. The third-order valence-electron chi connectivity index (χ3n) is 10.4. The van der Waals surface area contributed by atoms with Crippen molar-refractivity contribution in [3.8, 4) is 17.2 Å². The van der Waals surface area contributed by atoms with Crippen molar-refractivity contribution in [1.29, 1.82) is 0 Å². The SMILES string of the molecule is CCN(CC)CCOc1ccc(OCC[C@H]2CCC3C4C(CCC32C)c2ccc(O)cc2C[C@H]4C)cc1. The number of rotatable bonds is 10. The van der Waals surface area contributed by atoms with E-state index in [1.165, 1.54) is 36.8 Å². The average Bonchev–Trinajstić information content (AvgIpc) is 3.23. The van der Waals surface area contributed by atoms with E-state index >= 15 is 0 Å². The highest BCUT2D eigenvalue weighted by Crippen LogP contribution is 2.64. The fourth-order valence-electron chi connectivity index (χ4n) is 8.33. The Labute approximate surface area is 224 Å². The van der Waals surface area contributed by atoms with E-state index in [0.29, 0.717) is 23.0 Å². The molecule has 5 rings (SSSR count). The first kappa shape index (κ1) is 26.4. The van der Waals surface area contributed by atoms with Crippen molar-refractivity contribution in [2.24, 2.45) is 29.1 Å². The topological polar surface area (TPSA) is 41.9 Å². The fourth-order valence-corrected chi connectivity index (χ4v) is 8.33. The Kier molecular flexibility index (Phi) is 8.04. The largest absolute Gasteiger partial charge is 0.508 e. The molecule has 3 aliphatic rings. The Balaban J connectivity index is 1.14. The molecule has 0 bridgehead atoms. The fraction of sp³-hybridized carbons (Fsp3) is 0.636. The standard InChI is InChI=1S/C33H47NO3/c1-5-34(6-2)18-20-37-28-11-9-27(10-12-28)36-19-16-25-7-14-31-32-23(3)21-24-22-26(35)8-13-29(24)30(32)15-17-33(25,31)4/h8-13,22-23,25,30-32,35H,5-7,14-21H2,1-4H3/t23-,25-,30?,31?,32?,33?/m1/s1. The van der Waals surface area contributed by atoms with Crippen molar-refractivity contribution in [2.75, 3.05) is 32.8 Å². The molecule has 0 spiro atoms. The normalized spacial score (nSPS) is 30.5. The van der Waals surface area contributed by atoms with Crippen molar-refractivity contribution in [2.45, 2.75) is 72.1 Å². The summed E-state index contributed by atoms with van der Waals surface area (Å²) in [5, 5.41) is 10.0. The van der Waals surface area contributed by atoms with Crippen LogP contribution in [-0.4, -0.2) is 42.9 Å². The molecule has 0 heterocycles. The number of benzene rings is 2. The maximum absolute atomic E-state index is 10.0. The molecule has 2 aromatic rings. The van der Waals surface area contributed by atoms with Crippen LogP contribution in [0.1, 0.15) is 76.8 Å². The number of fused-ring (bicyclic) bond motifs is 5. The van der Waals surface area contributed by atoms with Gasteiger partial charge in [0.1, 0.15) is 23.9 Å². The zero-order valence-corrected chi connectivity index (χ0v) is 23.4. The van der Waals surface area contributed by atoms with Gasteiger partial charge in [-0.15, -0.1) is 0 Å². The lowest BCUT2D eigenvalue weighted by Gasteiger charge is -2.53. The number of likely N-dealkylation sites (N-methyl/N-ethyl adjacent to an activating group) is 1. The van der Waals surface area contributed by atoms with Gasteiger partial charge >= 0.3 is 0 Å². The van der Waals surface area contributed by atoms with Gasteiger partial charge in [0.15, 0.2) is 0 Å².